The summed E-state index contributed by atoms with van der Waals surface area (Å²) in [7, 11) is 0. The number of hydrogen-bond acceptors (Lipinski definition) is 4. The van der Waals surface area contributed by atoms with Gasteiger partial charge in [0.25, 0.3) is 5.56 Å². The Hall–Kier alpha value is -3.32. The molecule has 0 amide bonds. The van der Waals surface area contributed by atoms with Crippen molar-refractivity contribution in [2.45, 2.75) is 26.3 Å². The Balaban J connectivity index is 1.60. The van der Waals surface area contributed by atoms with Crippen molar-refractivity contribution in [3.8, 4) is 11.3 Å². The standard InChI is InChI=1S/C22H20FN5O/c1-13-9-16(5-7-24-13)28-8-6-20-17(22(28)29)3-4-19(26-20)15-10-18(23)21-25-14(2)11-27(21)12-15/h3-6,8,10-13,24H,7,9H2,1-2H3. The van der Waals surface area contributed by atoms with Gasteiger partial charge in [-0.15, -0.1) is 0 Å². The van der Waals surface area contributed by atoms with Crippen molar-refractivity contribution in [1.82, 2.24) is 24.3 Å². The Morgan fingerprint density at radius 3 is 2.90 bits per heavy atom. The molecule has 0 aliphatic carbocycles. The molecule has 5 heterocycles. The molecule has 0 aromatic carbocycles. The molecule has 4 aromatic rings. The number of fused-ring (bicyclic) bond motifs is 2. The summed E-state index contributed by atoms with van der Waals surface area (Å²) in [6.07, 6.45) is 8.18. The predicted molar refractivity (Wildman–Crippen MR) is 111 cm³/mol. The van der Waals surface area contributed by atoms with Crippen molar-refractivity contribution in [2.24, 2.45) is 0 Å². The lowest BCUT2D eigenvalue weighted by molar-refractivity contribution is 0.566. The average molecular weight is 389 g/mol. The molecule has 0 spiro atoms. The molecule has 146 valence electrons. The molecule has 1 N–H and O–H groups in total. The highest BCUT2D eigenvalue weighted by molar-refractivity contribution is 5.81. The summed E-state index contributed by atoms with van der Waals surface area (Å²) in [5, 5.41) is 3.89. The van der Waals surface area contributed by atoms with E-state index in [1.807, 2.05) is 19.1 Å². The smallest absolute Gasteiger partial charge is 0.264 e. The molecular formula is C22H20FN5O. The molecule has 4 aromatic heterocycles. The van der Waals surface area contributed by atoms with Gasteiger partial charge in [-0.1, -0.05) is 6.08 Å². The Bertz CT molecular complexity index is 1350. The highest BCUT2D eigenvalue weighted by atomic mass is 19.1. The molecule has 5 rings (SSSR count). The third kappa shape index (κ3) is 3.03. The summed E-state index contributed by atoms with van der Waals surface area (Å²) < 4.78 is 17.8. The normalized spacial score (nSPS) is 17.1. The van der Waals surface area contributed by atoms with Gasteiger partial charge in [-0.25, -0.2) is 14.4 Å². The largest absolute Gasteiger partial charge is 0.310 e. The molecule has 29 heavy (non-hydrogen) atoms. The van der Waals surface area contributed by atoms with Crippen LogP contribution in [-0.4, -0.2) is 31.5 Å². The fraction of sp³-hybridized carbons (Fsp3) is 0.227. The molecule has 7 heteroatoms. The molecule has 1 aliphatic rings. The van der Waals surface area contributed by atoms with E-state index >= 15 is 0 Å². The van der Waals surface area contributed by atoms with Crippen LogP contribution in [0.2, 0.25) is 0 Å². The first-order valence-corrected chi connectivity index (χ1v) is 9.60. The van der Waals surface area contributed by atoms with E-state index in [-0.39, 0.29) is 5.56 Å². The number of aryl methyl sites for hydroxylation is 1. The van der Waals surface area contributed by atoms with E-state index < -0.39 is 5.82 Å². The molecule has 6 nitrogen and oxygen atoms in total. The van der Waals surface area contributed by atoms with Gasteiger partial charge in [-0.05, 0) is 38.1 Å². The van der Waals surface area contributed by atoms with Crippen LogP contribution in [0.3, 0.4) is 0 Å². The lowest BCUT2D eigenvalue weighted by Gasteiger charge is -2.22. The van der Waals surface area contributed by atoms with E-state index in [1.165, 1.54) is 6.07 Å². The minimum absolute atomic E-state index is 0.0891. The van der Waals surface area contributed by atoms with E-state index in [1.54, 1.807) is 39.7 Å². The van der Waals surface area contributed by atoms with Gasteiger partial charge in [0.2, 0.25) is 0 Å². The van der Waals surface area contributed by atoms with Crippen molar-refractivity contribution >= 4 is 22.2 Å². The van der Waals surface area contributed by atoms with Gasteiger partial charge in [-0.3, -0.25) is 9.36 Å². The van der Waals surface area contributed by atoms with Crippen molar-refractivity contribution < 1.29 is 4.39 Å². The van der Waals surface area contributed by atoms with Gasteiger partial charge >= 0.3 is 0 Å². The fourth-order valence-corrected chi connectivity index (χ4v) is 3.88. The minimum Gasteiger partial charge on any atom is -0.310 e. The Morgan fingerprint density at radius 2 is 2.07 bits per heavy atom. The molecule has 1 unspecified atom stereocenters. The molecule has 0 saturated carbocycles. The predicted octanol–water partition coefficient (Wildman–Crippen LogP) is 3.38. The van der Waals surface area contributed by atoms with Gasteiger partial charge in [0.15, 0.2) is 11.5 Å². The zero-order valence-electron chi connectivity index (χ0n) is 16.2. The zero-order chi connectivity index (χ0) is 20.1. The maximum Gasteiger partial charge on any atom is 0.264 e. The Kier molecular flexibility index (Phi) is 4.06. The van der Waals surface area contributed by atoms with Gasteiger partial charge in [-0.2, -0.15) is 0 Å². The number of nitrogens with one attached hydrogen (secondary N) is 1. The van der Waals surface area contributed by atoms with Gasteiger partial charge in [0, 0.05) is 48.9 Å². The van der Waals surface area contributed by atoms with Gasteiger partial charge in [0.05, 0.1) is 22.3 Å². The van der Waals surface area contributed by atoms with Crippen molar-refractivity contribution in [2.75, 3.05) is 6.54 Å². The van der Waals surface area contributed by atoms with Crippen molar-refractivity contribution in [3.05, 3.63) is 70.8 Å². The second-order valence-electron chi connectivity index (χ2n) is 7.52. The van der Waals surface area contributed by atoms with E-state index in [0.29, 0.717) is 33.8 Å². The Morgan fingerprint density at radius 1 is 1.21 bits per heavy atom. The van der Waals surface area contributed by atoms with E-state index in [9.17, 15) is 9.18 Å². The van der Waals surface area contributed by atoms with Crippen LogP contribution in [0, 0.1) is 12.7 Å². The SMILES string of the molecule is Cc1cn2cc(-c3ccc4c(=O)n(C5=CCNC(C)C5)ccc4n3)cc(F)c2n1. The highest BCUT2D eigenvalue weighted by Crippen LogP contribution is 2.23. The number of hydrogen-bond donors (Lipinski definition) is 1. The first kappa shape index (κ1) is 17.8. The summed E-state index contributed by atoms with van der Waals surface area (Å²) in [6.45, 7) is 4.68. The summed E-state index contributed by atoms with van der Waals surface area (Å²) >= 11 is 0. The second-order valence-corrected chi connectivity index (χ2v) is 7.52. The van der Waals surface area contributed by atoms with Crippen LogP contribution < -0.4 is 10.9 Å². The minimum atomic E-state index is -0.403. The molecule has 0 saturated heterocycles. The first-order chi connectivity index (χ1) is 14.0. The van der Waals surface area contributed by atoms with Crippen molar-refractivity contribution in [3.63, 3.8) is 0 Å². The lowest BCUT2D eigenvalue weighted by Crippen LogP contribution is -2.33. The summed E-state index contributed by atoms with van der Waals surface area (Å²) in [5.74, 6) is -0.403. The molecule has 1 atom stereocenters. The van der Waals surface area contributed by atoms with E-state index in [2.05, 4.69) is 22.2 Å². The molecule has 0 radical (unpaired) electrons. The summed E-state index contributed by atoms with van der Waals surface area (Å²) in [6, 6.07) is 7.12. The van der Waals surface area contributed by atoms with Crippen LogP contribution in [0.4, 0.5) is 4.39 Å². The number of imidazole rings is 1. The number of halogens is 1. The second kappa shape index (κ2) is 6.63. The van der Waals surface area contributed by atoms with E-state index in [4.69, 9.17) is 0 Å². The van der Waals surface area contributed by atoms with Crippen LogP contribution in [0.15, 0.2) is 53.7 Å². The van der Waals surface area contributed by atoms with Crippen LogP contribution in [-0.2, 0) is 0 Å². The molecule has 1 aliphatic heterocycles. The number of pyridine rings is 3. The van der Waals surface area contributed by atoms with Crippen LogP contribution in [0.5, 0.6) is 0 Å². The lowest BCUT2D eigenvalue weighted by atomic mass is 10.1. The van der Waals surface area contributed by atoms with Crippen LogP contribution in [0.25, 0.3) is 33.5 Å². The third-order valence-corrected chi connectivity index (χ3v) is 5.31. The number of nitrogens with zero attached hydrogens (tertiary/aromatic N) is 4. The highest BCUT2D eigenvalue weighted by Gasteiger charge is 2.15. The Labute approximate surface area is 166 Å². The topological polar surface area (TPSA) is 64.2 Å². The summed E-state index contributed by atoms with van der Waals surface area (Å²) in [5.41, 5.74) is 3.77. The van der Waals surface area contributed by atoms with E-state index in [0.717, 1.165) is 24.4 Å². The summed E-state index contributed by atoms with van der Waals surface area (Å²) in [4.78, 5) is 21.8. The molecule has 0 bridgehead atoms. The zero-order valence-corrected chi connectivity index (χ0v) is 16.2. The molecular weight excluding hydrogens is 369 g/mol. The maximum atomic E-state index is 14.4. The maximum absolute atomic E-state index is 14.4. The fourth-order valence-electron chi connectivity index (χ4n) is 3.88. The van der Waals surface area contributed by atoms with Gasteiger partial charge < -0.3 is 9.72 Å². The third-order valence-electron chi connectivity index (χ3n) is 5.31. The van der Waals surface area contributed by atoms with Gasteiger partial charge in [0.1, 0.15) is 0 Å². The molecule has 0 fully saturated rings. The van der Waals surface area contributed by atoms with Crippen molar-refractivity contribution in [1.29, 1.82) is 0 Å². The quantitative estimate of drug-likeness (QED) is 0.571. The number of aromatic nitrogens is 4. The monoisotopic (exact) mass is 389 g/mol. The van der Waals surface area contributed by atoms with Crippen LogP contribution in [0.1, 0.15) is 19.0 Å². The number of rotatable bonds is 2. The van der Waals surface area contributed by atoms with Crippen LogP contribution >= 0.6 is 0 Å². The average Bonchev–Trinajstić information content (AvgIpc) is 3.09. The first-order valence-electron chi connectivity index (χ1n) is 9.60.